The van der Waals surface area contributed by atoms with Crippen molar-refractivity contribution in [2.24, 2.45) is 5.73 Å². The predicted octanol–water partition coefficient (Wildman–Crippen LogP) is 3.85. The lowest BCUT2D eigenvalue weighted by Gasteiger charge is -2.16. The maximum Gasteiger partial charge on any atom is 0.223 e. The molecule has 100 valence electrons. The largest absolute Gasteiger partial charge is 0.438 e. The van der Waals surface area contributed by atoms with Crippen molar-refractivity contribution < 1.29 is 4.74 Å². The monoisotopic (exact) mass is 256 g/mol. The highest BCUT2D eigenvalue weighted by atomic mass is 16.5. The Morgan fingerprint density at radius 2 is 2.00 bits per heavy atom. The van der Waals surface area contributed by atoms with Crippen molar-refractivity contribution in [1.82, 2.24) is 4.98 Å². The Morgan fingerprint density at radius 3 is 2.74 bits per heavy atom. The van der Waals surface area contributed by atoms with Crippen molar-refractivity contribution in [2.75, 3.05) is 0 Å². The fourth-order valence-corrected chi connectivity index (χ4v) is 1.98. The van der Waals surface area contributed by atoms with Gasteiger partial charge in [0, 0.05) is 18.3 Å². The lowest BCUT2D eigenvalue weighted by molar-refractivity contribution is 0.446. The number of hydrogen-bond acceptors (Lipinski definition) is 3. The van der Waals surface area contributed by atoms with Gasteiger partial charge in [-0.1, -0.05) is 38.1 Å². The van der Waals surface area contributed by atoms with E-state index in [4.69, 9.17) is 10.5 Å². The van der Waals surface area contributed by atoms with Crippen LogP contribution < -0.4 is 10.5 Å². The van der Waals surface area contributed by atoms with E-state index in [1.165, 1.54) is 5.56 Å². The zero-order valence-electron chi connectivity index (χ0n) is 11.5. The van der Waals surface area contributed by atoms with Crippen molar-refractivity contribution in [3.63, 3.8) is 0 Å². The van der Waals surface area contributed by atoms with Gasteiger partial charge < -0.3 is 10.5 Å². The van der Waals surface area contributed by atoms with Crippen LogP contribution in [0.4, 0.5) is 0 Å². The molecular weight excluding hydrogens is 236 g/mol. The highest BCUT2D eigenvalue weighted by Gasteiger charge is 2.12. The second-order valence-electron chi connectivity index (χ2n) is 4.62. The molecule has 0 aliphatic rings. The predicted molar refractivity (Wildman–Crippen MR) is 77.4 cm³/mol. The van der Waals surface area contributed by atoms with Crippen molar-refractivity contribution in [3.8, 4) is 11.6 Å². The molecule has 0 amide bonds. The van der Waals surface area contributed by atoms with Crippen LogP contribution in [-0.4, -0.2) is 4.98 Å². The fraction of sp³-hybridized carbons (Fsp3) is 0.312. The SMILES string of the molecule is CCC(C)c1ccccc1Oc1ncccc1CN. The van der Waals surface area contributed by atoms with Crippen molar-refractivity contribution in [1.29, 1.82) is 0 Å². The lowest BCUT2D eigenvalue weighted by Crippen LogP contribution is -2.02. The highest BCUT2D eigenvalue weighted by molar-refractivity contribution is 5.39. The van der Waals surface area contributed by atoms with Crippen LogP contribution in [0.1, 0.15) is 37.3 Å². The smallest absolute Gasteiger partial charge is 0.223 e. The van der Waals surface area contributed by atoms with Crippen molar-refractivity contribution in [2.45, 2.75) is 32.7 Å². The van der Waals surface area contributed by atoms with Crippen molar-refractivity contribution >= 4 is 0 Å². The van der Waals surface area contributed by atoms with Crippen LogP contribution in [0.3, 0.4) is 0 Å². The third-order valence-electron chi connectivity index (χ3n) is 3.34. The number of nitrogens with two attached hydrogens (primary N) is 1. The molecule has 1 aromatic carbocycles. The molecule has 2 N–H and O–H groups in total. The minimum Gasteiger partial charge on any atom is -0.438 e. The van der Waals surface area contributed by atoms with Crippen LogP contribution in [0, 0.1) is 0 Å². The topological polar surface area (TPSA) is 48.1 Å². The first kappa shape index (κ1) is 13.6. The molecule has 0 radical (unpaired) electrons. The summed E-state index contributed by atoms with van der Waals surface area (Å²) in [4.78, 5) is 4.27. The Bertz CT molecular complexity index is 540. The van der Waals surface area contributed by atoms with E-state index >= 15 is 0 Å². The second kappa shape index (κ2) is 6.34. The summed E-state index contributed by atoms with van der Waals surface area (Å²) < 4.78 is 5.96. The minimum absolute atomic E-state index is 0.425. The van der Waals surface area contributed by atoms with Gasteiger partial charge in [0.05, 0.1) is 0 Å². The molecule has 19 heavy (non-hydrogen) atoms. The number of rotatable bonds is 5. The Kier molecular flexibility index (Phi) is 4.53. The third kappa shape index (κ3) is 3.12. The van der Waals surface area contributed by atoms with E-state index in [2.05, 4.69) is 24.9 Å². The number of ether oxygens (including phenoxy) is 1. The number of benzene rings is 1. The van der Waals surface area contributed by atoms with E-state index in [0.717, 1.165) is 17.7 Å². The Morgan fingerprint density at radius 1 is 1.21 bits per heavy atom. The first-order valence-corrected chi connectivity index (χ1v) is 6.67. The van der Waals surface area contributed by atoms with Gasteiger partial charge >= 0.3 is 0 Å². The van der Waals surface area contributed by atoms with E-state index in [1.807, 2.05) is 30.3 Å². The first-order valence-electron chi connectivity index (χ1n) is 6.67. The number of para-hydroxylation sites is 1. The lowest BCUT2D eigenvalue weighted by atomic mass is 9.98. The van der Waals surface area contributed by atoms with E-state index in [-0.39, 0.29) is 0 Å². The molecule has 0 aliphatic heterocycles. The van der Waals surface area contributed by atoms with Gasteiger partial charge in [-0.2, -0.15) is 0 Å². The van der Waals surface area contributed by atoms with Crippen LogP contribution in [0.2, 0.25) is 0 Å². The van der Waals surface area contributed by atoms with E-state index in [9.17, 15) is 0 Å². The molecule has 1 aromatic heterocycles. The van der Waals surface area contributed by atoms with Gasteiger partial charge in [0.2, 0.25) is 5.88 Å². The number of nitrogens with zero attached hydrogens (tertiary/aromatic N) is 1. The summed E-state index contributed by atoms with van der Waals surface area (Å²) in [5.74, 6) is 1.92. The zero-order chi connectivity index (χ0) is 13.7. The van der Waals surface area contributed by atoms with Gasteiger partial charge in [-0.25, -0.2) is 4.98 Å². The van der Waals surface area contributed by atoms with Gasteiger partial charge in [-0.3, -0.25) is 0 Å². The summed E-state index contributed by atoms with van der Waals surface area (Å²) >= 11 is 0. The van der Waals surface area contributed by atoms with Crippen LogP contribution in [0.15, 0.2) is 42.6 Å². The first-order chi connectivity index (χ1) is 9.26. The molecule has 2 rings (SSSR count). The van der Waals surface area contributed by atoms with Gasteiger partial charge in [0.1, 0.15) is 5.75 Å². The summed E-state index contributed by atoms with van der Waals surface area (Å²) in [6.07, 6.45) is 2.80. The molecule has 0 saturated carbocycles. The van der Waals surface area contributed by atoms with Crippen molar-refractivity contribution in [3.05, 3.63) is 53.7 Å². The van der Waals surface area contributed by atoms with Crippen LogP contribution in [0.25, 0.3) is 0 Å². The third-order valence-corrected chi connectivity index (χ3v) is 3.34. The second-order valence-corrected chi connectivity index (χ2v) is 4.62. The summed E-state index contributed by atoms with van der Waals surface area (Å²) in [5.41, 5.74) is 7.83. The Hall–Kier alpha value is -1.87. The molecule has 2 aromatic rings. The number of aromatic nitrogens is 1. The maximum atomic E-state index is 5.96. The number of hydrogen-bond donors (Lipinski definition) is 1. The molecule has 1 atom stereocenters. The molecule has 3 nitrogen and oxygen atoms in total. The Balaban J connectivity index is 2.33. The standard InChI is InChI=1S/C16H20N2O/c1-3-12(2)14-8-4-5-9-15(14)19-16-13(11-17)7-6-10-18-16/h4-10,12H,3,11,17H2,1-2H3. The van der Waals surface area contributed by atoms with Crippen LogP contribution >= 0.6 is 0 Å². The van der Waals surface area contributed by atoms with Gasteiger partial charge in [-0.15, -0.1) is 0 Å². The van der Waals surface area contributed by atoms with Gasteiger partial charge in [0.25, 0.3) is 0 Å². The zero-order valence-corrected chi connectivity index (χ0v) is 11.5. The molecule has 0 bridgehead atoms. The molecule has 1 heterocycles. The summed E-state index contributed by atoms with van der Waals surface area (Å²) in [5, 5.41) is 0. The summed E-state index contributed by atoms with van der Waals surface area (Å²) in [6, 6.07) is 11.9. The van der Waals surface area contributed by atoms with E-state index in [0.29, 0.717) is 18.3 Å². The summed E-state index contributed by atoms with van der Waals surface area (Å²) in [6.45, 7) is 4.80. The molecule has 0 spiro atoms. The minimum atomic E-state index is 0.425. The van der Waals surface area contributed by atoms with Gasteiger partial charge in [0.15, 0.2) is 0 Å². The van der Waals surface area contributed by atoms with Crippen LogP contribution in [0.5, 0.6) is 11.6 Å². The van der Waals surface area contributed by atoms with E-state index < -0.39 is 0 Å². The fourth-order valence-electron chi connectivity index (χ4n) is 1.98. The molecule has 0 aliphatic carbocycles. The normalized spacial score (nSPS) is 12.2. The highest BCUT2D eigenvalue weighted by Crippen LogP contribution is 2.32. The molecule has 1 unspecified atom stereocenters. The van der Waals surface area contributed by atoms with Crippen LogP contribution in [-0.2, 0) is 6.54 Å². The molecule has 0 saturated heterocycles. The summed E-state index contributed by atoms with van der Waals surface area (Å²) in [7, 11) is 0. The molecule has 3 heteroatoms. The average Bonchev–Trinajstić information content (AvgIpc) is 2.47. The number of pyridine rings is 1. The molecule has 0 fully saturated rings. The van der Waals surface area contributed by atoms with E-state index in [1.54, 1.807) is 6.20 Å². The molecular formula is C16H20N2O. The maximum absolute atomic E-state index is 5.96. The quantitative estimate of drug-likeness (QED) is 0.884. The van der Waals surface area contributed by atoms with Gasteiger partial charge in [-0.05, 0) is 30.0 Å². The Labute approximate surface area is 114 Å². The average molecular weight is 256 g/mol.